The number of aromatic carboxylic acids is 1. The lowest BCUT2D eigenvalue weighted by atomic mass is 10.1. The van der Waals surface area contributed by atoms with Gasteiger partial charge in [0.25, 0.3) is 0 Å². The second-order valence-electron chi connectivity index (χ2n) is 7.61. The number of aromatic nitrogens is 1. The van der Waals surface area contributed by atoms with Gasteiger partial charge in [-0.2, -0.15) is 0 Å². The van der Waals surface area contributed by atoms with Gasteiger partial charge in [-0.15, -0.1) is 0 Å². The van der Waals surface area contributed by atoms with Crippen LogP contribution in [-0.4, -0.2) is 54.0 Å². The Hall–Kier alpha value is -2.16. The highest BCUT2D eigenvalue weighted by Crippen LogP contribution is 2.42. The molecule has 148 valence electrons. The summed E-state index contributed by atoms with van der Waals surface area (Å²) in [6, 6.07) is 1.29. The standard InChI is InChI=1S/C19H19ClFN3O4/c20-15-16-10(18(25)11(19(26)27)6-24(16)9-1-2-9)5-12(21)17(15)23-7-13-14(8-23)28-4-3-22-13/h5-6,9,13-14,22H,1-4,7-8H2,(H,26,27)/t13-,14+/m0/s1. The zero-order valence-electron chi connectivity index (χ0n) is 15.0. The lowest BCUT2D eigenvalue weighted by Gasteiger charge is -2.25. The first-order valence-corrected chi connectivity index (χ1v) is 9.73. The number of benzene rings is 1. The molecular formula is C19H19ClFN3O4. The number of halogens is 2. The van der Waals surface area contributed by atoms with Gasteiger partial charge in [0.2, 0.25) is 5.43 Å². The topological polar surface area (TPSA) is 83.8 Å². The van der Waals surface area contributed by atoms with Gasteiger partial charge in [-0.3, -0.25) is 4.79 Å². The summed E-state index contributed by atoms with van der Waals surface area (Å²) in [5.41, 5.74) is -0.440. The summed E-state index contributed by atoms with van der Waals surface area (Å²) in [5, 5.41) is 12.9. The number of hydrogen-bond acceptors (Lipinski definition) is 5. The van der Waals surface area contributed by atoms with Crippen LogP contribution in [0.15, 0.2) is 17.1 Å². The molecule has 0 unspecified atom stereocenters. The summed E-state index contributed by atoms with van der Waals surface area (Å²) >= 11 is 6.66. The van der Waals surface area contributed by atoms with Crippen molar-refractivity contribution in [2.24, 2.45) is 0 Å². The van der Waals surface area contributed by atoms with Crippen molar-refractivity contribution in [2.75, 3.05) is 31.1 Å². The van der Waals surface area contributed by atoms with Gasteiger partial charge in [0.05, 0.1) is 40.4 Å². The number of nitrogens with one attached hydrogen (secondary N) is 1. The smallest absolute Gasteiger partial charge is 0.341 e. The average Bonchev–Trinajstić information content (AvgIpc) is 3.41. The molecule has 2 N–H and O–H groups in total. The Bertz CT molecular complexity index is 1040. The van der Waals surface area contributed by atoms with Crippen LogP contribution in [-0.2, 0) is 4.74 Å². The van der Waals surface area contributed by atoms with Gasteiger partial charge in [-0.05, 0) is 18.9 Å². The maximum atomic E-state index is 15.1. The Morgan fingerprint density at radius 1 is 1.36 bits per heavy atom. The van der Waals surface area contributed by atoms with Gasteiger partial charge >= 0.3 is 5.97 Å². The molecule has 1 aliphatic carbocycles. The lowest BCUT2D eigenvalue weighted by molar-refractivity contribution is 0.0212. The van der Waals surface area contributed by atoms with Gasteiger partial charge in [0.15, 0.2) is 0 Å². The fourth-order valence-corrected chi connectivity index (χ4v) is 4.70. The van der Waals surface area contributed by atoms with E-state index in [9.17, 15) is 14.7 Å². The minimum absolute atomic E-state index is 0.00374. The average molecular weight is 408 g/mol. The Morgan fingerprint density at radius 2 is 2.14 bits per heavy atom. The molecule has 7 nitrogen and oxygen atoms in total. The number of carboxylic acids is 1. The highest BCUT2D eigenvalue weighted by atomic mass is 35.5. The van der Waals surface area contributed by atoms with Crippen LogP contribution >= 0.6 is 11.6 Å². The van der Waals surface area contributed by atoms with Crippen LogP contribution in [0.5, 0.6) is 0 Å². The van der Waals surface area contributed by atoms with Gasteiger partial charge < -0.3 is 24.6 Å². The van der Waals surface area contributed by atoms with E-state index in [1.165, 1.54) is 6.20 Å². The van der Waals surface area contributed by atoms with Crippen LogP contribution in [0.4, 0.5) is 10.1 Å². The maximum absolute atomic E-state index is 15.1. The Balaban J connectivity index is 1.70. The van der Waals surface area contributed by atoms with Crippen LogP contribution in [0, 0.1) is 5.82 Å². The Kier molecular flexibility index (Phi) is 4.12. The van der Waals surface area contributed by atoms with Crippen LogP contribution in [0.2, 0.25) is 5.02 Å². The van der Waals surface area contributed by atoms with Crippen LogP contribution in [0.25, 0.3) is 10.9 Å². The van der Waals surface area contributed by atoms with E-state index in [0.717, 1.165) is 25.5 Å². The van der Waals surface area contributed by atoms with Crippen molar-refractivity contribution in [2.45, 2.75) is 31.0 Å². The van der Waals surface area contributed by atoms with E-state index in [-0.39, 0.29) is 39.8 Å². The Labute approximate surface area is 164 Å². The molecule has 2 saturated heterocycles. The summed E-state index contributed by atoms with van der Waals surface area (Å²) in [4.78, 5) is 26.0. The molecule has 2 aliphatic heterocycles. The molecule has 0 spiro atoms. The summed E-state index contributed by atoms with van der Waals surface area (Å²) in [6.07, 6.45) is 3.03. The minimum atomic E-state index is -1.33. The largest absolute Gasteiger partial charge is 0.477 e. The van der Waals surface area contributed by atoms with Crippen LogP contribution in [0.3, 0.4) is 0 Å². The van der Waals surface area contributed by atoms with E-state index in [2.05, 4.69) is 5.32 Å². The fraction of sp³-hybridized carbons (Fsp3) is 0.474. The third-order valence-corrected chi connectivity index (χ3v) is 6.14. The molecule has 3 heterocycles. The van der Waals surface area contributed by atoms with Crippen molar-refractivity contribution in [3.05, 3.63) is 38.9 Å². The minimum Gasteiger partial charge on any atom is -0.477 e. The molecule has 2 aromatic rings. The van der Waals surface area contributed by atoms with Gasteiger partial charge in [0, 0.05) is 31.9 Å². The first-order valence-electron chi connectivity index (χ1n) is 9.35. The number of nitrogens with zero attached hydrogens (tertiary/aromatic N) is 2. The van der Waals surface area contributed by atoms with Crippen molar-refractivity contribution in [1.29, 1.82) is 0 Å². The van der Waals surface area contributed by atoms with Crippen LogP contribution < -0.4 is 15.6 Å². The van der Waals surface area contributed by atoms with Crippen molar-refractivity contribution in [1.82, 2.24) is 9.88 Å². The third kappa shape index (κ3) is 2.70. The van der Waals surface area contributed by atoms with E-state index >= 15 is 4.39 Å². The number of morpholine rings is 1. The molecule has 1 aromatic heterocycles. The van der Waals surface area contributed by atoms with Crippen molar-refractivity contribution >= 4 is 34.2 Å². The predicted octanol–water partition coefficient (Wildman–Crippen LogP) is 2.00. The third-order valence-electron chi connectivity index (χ3n) is 5.78. The van der Waals surface area contributed by atoms with Crippen molar-refractivity contribution in [3.8, 4) is 0 Å². The highest BCUT2D eigenvalue weighted by molar-refractivity contribution is 6.38. The lowest BCUT2D eigenvalue weighted by Crippen LogP contribution is -2.47. The summed E-state index contributed by atoms with van der Waals surface area (Å²) in [7, 11) is 0. The normalized spacial score (nSPS) is 24.6. The molecular weight excluding hydrogens is 389 g/mol. The molecule has 0 radical (unpaired) electrons. The van der Waals surface area contributed by atoms with E-state index in [1.54, 1.807) is 4.57 Å². The summed E-state index contributed by atoms with van der Waals surface area (Å²) < 4.78 is 22.6. The molecule has 0 bridgehead atoms. The second-order valence-corrected chi connectivity index (χ2v) is 7.99. The molecule has 3 fully saturated rings. The zero-order chi connectivity index (χ0) is 19.6. The van der Waals surface area contributed by atoms with Gasteiger partial charge in [-0.1, -0.05) is 11.6 Å². The number of anilines is 1. The second kappa shape index (κ2) is 6.43. The number of rotatable bonds is 3. The number of fused-ring (bicyclic) bond motifs is 2. The molecule has 1 saturated carbocycles. The molecule has 2 atom stereocenters. The predicted molar refractivity (Wildman–Crippen MR) is 102 cm³/mol. The number of pyridine rings is 1. The maximum Gasteiger partial charge on any atom is 0.341 e. The van der Waals surface area contributed by atoms with E-state index in [0.29, 0.717) is 25.2 Å². The molecule has 9 heteroatoms. The Morgan fingerprint density at radius 3 is 2.82 bits per heavy atom. The number of ether oxygens (including phenoxy) is 1. The SMILES string of the molecule is O=C(O)c1cn(C2CC2)c2c(Cl)c(N3C[C@@H]4NCCO[C@@H]4C3)c(F)cc2c1=O. The zero-order valence-corrected chi connectivity index (χ0v) is 15.7. The first-order chi connectivity index (χ1) is 13.5. The van der Waals surface area contributed by atoms with Crippen LogP contribution in [0.1, 0.15) is 29.2 Å². The van der Waals surface area contributed by atoms with E-state index in [1.807, 2.05) is 4.90 Å². The summed E-state index contributed by atoms with van der Waals surface area (Å²) in [5.74, 6) is -1.95. The molecule has 0 amide bonds. The quantitative estimate of drug-likeness (QED) is 0.809. The van der Waals surface area contributed by atoms with Gasteiger partial charge in [-0.25, -0.2) is 9.18 Å². The van der Waals surface area contributed by atoms with Crippen molar-refractivity contribution < 1.29 is 19.0 Å². The van der Waals surface area contributed by atoms with E-state index in [4.69, 9.17) is 16.3 Å². The number of carbonyl (C=O) groups is 1. The molecule has 1 aromatic carbocycles. The number of hydrogen-bond donors (Lipinski definition) is 2. The highest BCUT2D eigenvalue weighted by Gasteiger charge is 2.38. The monoisotopic (exact) mass is 407 g/mol. The molecule has 5 rings (SSSR count). The molecule has 28 heavy (non-hydrogen) atoms. The van der Waals surface area contributed by atoms with Crippen molar-refractivity contribution in [3.63, 3.8) is 0 Å². The first kappa shape index (κ1) is 17.9. The fourth-order valence-electron chi connectivity index (χ4n) is 4.29. The number of carboxylic acid groups (broad SMARTS) is 1. The molecule has 3 aliphatic rings. The summed E-state index contributed by atoms with van der Waals surface area (Å²) in [6.45, 7) is 2.42. The van der Waals surface area contributed by atoms with Gasteiger partial charge in [0.1, 0.15) is 11.4 Å². The van der Waals surface area contributed by atoms with E-state index < -0.39 is 17.2 Å².